The van der Waals surface area contributed by atoms with Gasteiger partial charge in [0.15, 0.2) is 0 Å². The van der Waals surface area contributed by atoms with Crippen LogP contribution in [0.25, 0.3) is 10.2 Å². The number of likely N-dealkylation sites (tertiary alicyclic amines) is 1. The van der Waals surface area contributed by atoms with Gasteiger partial charge >= 0.3 is 0 Å². The third-order valence-electron chi connectivity index (χ3n) is 4.55. The number of aromatic nitrogens is 1. The first kappa shape index (κ1) is 15.6. The average Bonchev–Trinajstić information content (AvgIpc) is 2.99. The number of piperidine rings is 1. The Balaban J connectivity index is 1.41. The largest absolute Gasteiger partial charge is 0.431 e. The van der Waals surface area contributed by atoms with Crippen LogP contribution in [-0.2, 0) is 6.54 Å². The molecule has 24 heavy (non-hydrogen) atoms. The molecule has 1 fully saturated rings. The molecule has 1 aliphatic rings. The highest BCUT2D eigenvalue weighted by Gasteiger charge is 2.16. The Kier molecular flexibility index (Phi) is 4.50. The third-order valence-corrected chi connectivity index (χ3v) is 5.46. The molecule has 3 aromatic rings. The molecule has 0 amide bonds. The van der Waals surface area contributed by atoms with Gasteiger partial charge in [0, 0.05) is 13.1 Å². The fourth-order valence-corrected chi connectivity index (χ4v) is 4.18. The van der Waals surface area contributed by atoms with Crippen LogP contribution in [0.4, 0.5) is 0 Å². The summed E-state index contributed by atoms with van der Waals surface area (Å²) in [6, 6.07) is 16.6. The van der Waals surface area contributed by atoms with E-state index in [2.05, 4.69) is 47.1 Å². The molecule has 1 aliphatic heterocycles. The van der Waals surface area contributed by atoms with Gasteiger partial charge in [0.1, 0.15) is 5.75 Å². The Morgan fingerprint density at radius 3 is 2.79 bits per heavy atom. The van der Waals surface area contributed by atoms with Gasteiger partial charge < -0.3 is 4.74 Å². The lowest BCUT2D eigenvalue weighted by atomic mass is 10.00. The summed E-state index contributed by atoms with van der Waals surface area (Å²) in [5.41, 5.74) is 2.34. The molecule has 2 aromatic carbocycles. The summed E-state index contributed by atoms with van der Waals surface area (Å²) in [4.78, 5) is 7.07. The molecule has 4 rings (SSSR count). The molecule has 0 spiro atoms. The normalized spacial score (nSPS) is 18.8. The molecule has 0 N–H and O–H groups in total. The second-order valence-electron chi connectivity index (χ2n) is 6.68. The van der Waals surface area contributed by atoms with E-state index in [4.69, 9.17) is 4.74 Å². The van der Waals surface area contributed by atoms with E-state index < -0.39 is 0 Å². The van der Waals surface area contributed by atoms with Gasteiger partial charge in [-0.25, -0.2) is 4.98 Å². The highest BCUT2D eigenvalue weighted by Crippen LogP contribution is 2.31. The Hall–Kier alpha value is -1.91. The molecule has 1 aromatic heterocycles. The van der Waals surface area contributed by atoms with Gasteiger partial charge in [0.25, 0.3) is 5.19 Å². The minimum atomic E-state index is 0.703. The number of hydrogen-bond donors (Lipinski definition) is 0. The van der Waals surface area contributed by atoms with E-state index in [9.17, 15) is 0 Å². The molecule has 0 aliphatic carbocycles. The Labute approximate surface area is 146 Å². The van der Waals surface area contributed by atoms with Crippen LogP contribution in [0.15, 0.2) is 48.5 Å². The van der Waals surface area contributed by atoms with Crippen molar-refractivity contribution >= 4 is 21.6 Å². The summed E-state index contributed by atoms with van der Waals surface area (Å²) >= 11 is 1.58. The van der Waals surface area contributed by atoms with Gasteiger partial charge in [-0.15, -0.1) is 0 Å². The summed E-state index contributed by atoms with van der Waals surface area (Å²) < 4.78 is 7.08. The lowest BCUT2D eigenvalue weighted by Gasteiger charge is -2.30. The number of ether oxygens (including phenoxy) is 1. The van der Waals surface area contributed by atoms with Crippen molar-refractivity contribution in [1.29, 1.82) is 0 Å². The Morgan fingerprint density at radius 2 is 2.00 bits per heavy atom. The smallest absolute Gasteiger partial charge is 0.279 e. The maximum Gasteiger partial charge on any atom is 0.279 e. The van der Waals surface area contributed by atoms with Crippen molar-refractivity contribution < 1.29 is 4.74 Å². The number of nitrogens with zero attached hydrogens (tertiary/aromatic N) is 2. The average molecular weight is 338 g/mol. The van der Waals surface area contributed by atoms with E-state index in [0.29, 0.717) is 5.19 Å². The van der Waals surface area contributed by atoms with Crippen LogP contribution < -0.4 is 4.74 Å². The van der Waals surface area contributed by atoms with Gasteiger partial charge in [-0.3, -0.25) is 4.90 Å². The first-order valence-corrected chi connectivity index (χ1v) is 9.43. The molecule has 2 heterocycles. The molecular formula is C20H22N2OS. The maximum absolute atomic E-state index is 5.92. The van der Waals surface area contributed by atoms with E-state index >= 15 is 0 Å². The Morgan fingerprint density at radius 1 is 1.17 bits per heavy atom. The van der Waals surface area contributed by atoms with Gasteiger partial charge in [0.05, 0.1) is 10.2 Å². The van der Waals surface area contributed by atoms with Crippen molar-refractivity contribution in [1.82, 2.24) is 9.88 Å². The zero-order valence-electron chi connectivity index (χ0n) is 13.9. The molecule has 0 radical (unpaired) electrons. The third kappa shape index (κ3) is 3.60. The first-order valence-electron chi connectivity index (χ1n) is 8.61. The molecule has 1 saturated heterocycles. The van der Waals surface area contributed by atoms with Crippen LogP contribution in [0, 0.1) is 5.92 Å². The molecule has 4 heteroatoms. The highest BCUT2D eigenvalue weighted by molar-refractivity contribution is 7.20. The highest BCUT2D eigenvalue weighted by atomic mass is 32.1. The fraction of sp³-hybridized carbons (Fsp3) is 0.350. The lowest BCUT2D eigenvalue weighted by Crippen LogP contribution is -2.33. The molecule has 1 atom stereocenters. The first-order chi connectivity index (χ1) is 11.8. The van der Waals surface area contributed by atoms with Crippen LogP contribution in [0.1, 0.15) is 25.3 Å². The summed E-state index contributed by atoms with van der Waals surface area (Å²) in [5, 5.41) is 0.703. The van der Waals surface area contributed by atoms with Crippen LogP contribution in [0.3, 0.4) is 0 Å². The second-order valence-corrected chi connectivity index (χ2v) is 7.67. The number of rotatable bonds is 4. The van der Waals surface area contributed by atoms with Crippen LogP contribution >= 0.6 is 11.3 Å². The van der Waals surface area contributed by atoms with E-state index in [-0.39, 0.29) is 0 Å². The second kappa shape index (κ2) is 6.91. The van der Waals surface area contributed by atoms with Crippen molar-refractivity contribution in [2.45, 2.75) is 26.3 Å². The molecular weight excluding hydrogens is 316 g/mol. The zero-order valence-corrected chi connectivity index (χ0v) is 14.8. The van der Waals surface area contributed by atoms with Crippen molar-refractivity contribution in [2.24, 2.45) is 5.92 Å². The van der Waals surface area contributed by atoms with Gasteiger partial charge in [-0.05, 0) is 55.1 Å². The minimum absolute atomic E-state index is 0.703. The topological polar surface area (TPSA) is 25.4 Å². The molecule has 0 bridgehead atoms. The number of hydrogen-bond acceptors (Lipinski definition) is 4. The predicted molar refractivity (Wildman–Crippen MR) is 99.8 cm³/mol. The minimum Gasteiger partial charge on any atom is -0.431 e. The summed E-state index contributed by atoms with van der Waals surface area (Å²) in [7, 11) is 0. The van der Waals surface area contributed by atoms with Crippen LogP contribution in [-0.4, -0.2) is 23.0 Å². The zero-order chi connectivity index (χ0) is 16.4. The van der Waals surface area contributed by atoms with Crippen molar-refractivity contribution in [3.05, 3.63) is 54.1 Å². The van der Waals surface area contributed by atoms with Crippen molar-refractivity contribution in [3.63, 3.8) is 0 Å². The fourth-order valence-electron chi connectivity index (χ4n) is 3.35. The SMILES string of the molecule is CC1CCCN(Cc2ccc(Oc3nc4ccccc4s3)cc2)C1. The van der Waals surface area contributed by atoms with Crippen LogP contribution in [0.5, 0.6) is 10.9 Å². The van der Waals surface area contributed by atoms with Gasteiger partial charge in [0.2, 0.25) is 0 Å². The Bertz CT molecular complexity index is 779. The van der Waals surface area contributed by atoms with E-state index in [1.807, 2.05) is 18.2 Å². The quantitative estimate of drug-likeness (QED) is 0.644. The maximum atomic E-state index is 5.92. The monoisotopic (exact) mass is 338 g/mol. The van der Waals surface area contributed by atoms with Crippen LogP contribution in [0.2, 0.25) is 0 Å². The number of para-hydroxylation sites is 1. The summed E-state index contributed by atoms with van der Waals surface area (Å²) in [5.74, 6) is 1.67. The van der Waals surface area contributed by atoms with E-state index in [0.717, 1.165) is 28.4 Å². The molecule has 1 unspecified atom stereocenters. The summed E-state index contributed by atoms with van der Waals surface area (Å²) in [6.07, 6.45) is 2.69. The van der Waals surface area contributed by atoms with E-state index in [1.54, 1.807) is 11.3 Å². The number of fused-ring (bicyclic) bond motifs is 1. The number of benzene rings is 2. The standard InChI is InChI=1S/C20H22N2OS/c1-15-5-4-12-22(13-15)14-16-8-10-17(11-9-16)23-20-21-18-6-2-3-7-19(18)24-20/h2-3,6-11,15H,4-5,12-14H2,1H3. The van der Waals surface area contributed by atoms with Gasteiger partial charge in [-0.2, -0.15) is 0 Å². The molecule has 124 valence electrons. The van der Waals surface area contributed by atoms with Crippen molar-refractivity contribution in [2.75, 3.05) is 13.1 Å². The predicted octanol–water partition coefficient (Wildman–Crippen LogP) is 5.32. The lowest BCUT2D eigenvalue weighted by molar-refractivity contribution is 0.176. The number of thiazole rings is 1. The van der Waals surface area contributed by atoms with Gasteiger partial charge in [-0.1, -0.05) is 42.5 Å². The van der Waals surface area contributed by atoms with Crippen molar-refractivity contribution in [3.8, 4) is 10.9 Å². The van der Waals surface area contributed by atoms with E-state index in [1.165, 1.54) is 31.5 Å². The molecule has 3 nitrogen and oxygen atoms in total. The summed E-state index contributed by atoms with van der Waals surface area (Å²) in [6.45, 7) is 5.81. The molecule has 0 saturated carbocycles.